The van der Waals surface area contributed by atoms with E-state index >= 15 is 0 Å². The normalized spacial score (nSPS) is 10.9. The average molecular weight is 190 g/mol. The van der Waals surface area contributed by atoms with E-state index in [0.29, 0.717) is 0 Å². The maximum atomic E-state index is 5.53. The van der Waals surface area contributed by atoms with Crippen molar-refractivity contribution >= 4 is 0 Å². The van der Waals surface area contributed by atoms with Crippen LogP contribution in [0.4, 0.5) is 0 Å². The van der Waals surface area contributed by atoms with E-state index in [-0.39, 0.29) is 0 Å². The fourth-order valence-electron chi connectivity index (χ4n) is 1.23. The number of hydrogen-bond donors (Lipinski definition) is 0. The average Bonchev–Trinajstić information content (AvgIpc) is 2.25. The molecule has 0 bridgehead atoms. The van der Waals surface area contributed by atoms with Crippen molar-refractivity contribution < 1.29 is 4.74 Å². The highest BCUT2D eigenvalue weighted by atomic mass is 16.5. The zero-order valence-electron chi connectivity index (χ0n) is 8.78. The number of rotatable bonds is 6. The molecule has 0 saturated carbocycles. The summed E-state index contributed by atoms with van der Waals surface area (Å²) in [6, 6.07) is 10.3. The minimum absolute atomic E-state index is 0.733. The summed E-state index contributed by atoms with van der Waals surface area (Å²) in [6.45, 7) is 3.63. The number of allylic oxidation sites excluding steroid dienone is 2. The van der Waals surface area contributed by atoms with Crippen molar-refractivity contribution in [1.29, 1.82) is 0 Å². The van der Waals surface area contributed by atoms with Crippen LogP contribution in [0.5, 0.6) is 0 Å². The van der Waals surface area contributed by atoms with Crippen LogP contribution in [0.25, 0.3) is 0 Å². The maximum Gasteiger partial charge on any atom is 0.0716 e. The standard InChI is InChI=1S/C13H18O/c1-2-3-4-8-11-14-12-13-9-6-5-7-10-13/h2-3,5-7,9-10H,4,8,11-12H2,1H3/b3-2+. The van der Waals surface area contributed by atoms with Crippen LogP contribution in [-0.2, 0) is 11.3 Å². The molecule has 14 heavy (non-hydrogen) atoms. The van der Waals surface area contributed by atoms with Crippen LogP contribution < -0.4 is 0 Å². The van der Waals surface area contributed by atoms with Gasteiger partial charge in [-0.2, -0.15) is 0 Å². The summed E-state index contributed by atoms with van der Waals surface area (Å²) < 4.78 is 5.53. The molecule has 0 N–H and O–H groups in total. The smallest absolute Gasteiger partial charge is 0.0716 e. The highest BCUT2D eigenvalue weighted by Gasteiger charge is 1.90. The van der Waals surface area contributed by atoms with Crippen molar-refractivity contribution in [1.82, 2.24) is 0 Å². The van der Waals surface area contributed by atoms with Crippen molar-refractivity contribution in [3.05, 3.63) is 48.0 Å². The van der Waals surface area contributed by atoms with E-state index in [2.05, 4.69) is 24.3 Å². The zero-order valence-corrected chi connectivity index (χ0v) is 8.78. The fourth-order valence-corrected chi connectivity index (χ4v) is 1.23. The third-order valence-corrected chi connectivity index (χ3v) is 2.01. The van der Waals surface area contributed by atoms with Gasteiger partial charge in [0.1, 0.15) is 0 Å². The first-order chi connectivity index (χ1) is 6.93. The molecule has 1 heteroatoms. The molecule has 0 fully saturated rings. The summed E-state index contributed by atoms with van der Waals surface area (Å²) in [5, 5.41) is 0. The monoisotopic (exact) mass is 190 g/mol. The Morgan fingerprint density at radius 2 is 2.00 bits per heavy atom. The molecule has 0 atom stereocenters. The molecule has 0 amide bonds. The zero-order chi connectivity index (χ0) is 10.1. The molecule has 0 saturated heterocycles. The van der Waals surface area contributed by atoms with Gasteiger partial charge in [0.15, 0.2) is 0 Å². The van der Waals surface area contributed by atoms with Crippen LogP contribution >= 0.6 is 0 Å². The van der Waals surface area contributed by atoms with Crippen LogP contribution in [0.2, 0.25) is 0 Å². The van der Waals surface area contributed by atoms with Gasteiger partial charge in [-0.25, -0.2) is 0 Å². The summed E-state index contributed by atoms with van der Waals surface area (Å²) >= 11 is 0. The minimum atomic E-state index is 0.733. The van der Waals surface area contributed by atoms with Gasteiger partial charge in [0.2, 0.25) is 0 Å². The van der Waals surface area contributed by atoms with Crippen molar-refractivity contribution in [2.75, 3.05) is 6.61 Å². The Kier molecular flexibility index (Phi) is 5.76. The van der Waals surface area contributed by atoms with Crippen molar-refractivity contribution in [2.24, 2.45) is 0 Å². The number of hydrogen-bond acceptors (Lipinski definition) is 1. The summed E-state index contributed by atoms with van der Waals surface area (Å²) in [7, 11) is 0. The Balaban J connectivity index is 2.05. The molecule has 0 spiro atoms. The van der Waals surface area contributed by atoms with E-state index in [1.54, 1.807) is 0 Å². The highest BCUT2D eigenvalue weighted by Crippen LogP contribution is 2.01. The predicted octanol–water partition coefficient (Wildman–Crippen LogP) is 3.56. The van der Waals surface area contributed by atoms with E-state index in [9.17, 15) is 0 Å². The van der Waals surface area contributed by atoms with Crippen LogP contribution in [0.15, 0.2) is 42.5 Å². The molecule has 76 valence electrons. The molecule has 0 aliphatic heterocycles. The first-order valence-corrected chi connectivity index (χ1v) is 5.16. The Labute approximate surface area is 86.4 Å². The second kappa shape index (κ2) is 7.34. The summed E-state index contributed by atoms with van der Waals surface area (Å²) in [6.07, 6.45) is 6.48. The molecule has 1 aromatic carbocycles. The van der Waals surface area contributed by atoms with Crippen LogP contribution in [0.1, 0.15) is 25.3 Å². The lowest BCUT2D eigenvalue weighted by Crippen LogP contribution is -1.94. The fraction of sp³-hybridized carbons (Fsp3) is 0.385. The van der Waals surface area contributed by atoms with Crippen LogP contribution in [0, 0.1) is 0 Å². The molecule has 1 rings (SSSR count). The van der Waals surface area contributed by atoms with E-state index in [1.165, 1.54) is 5.56 Å². The molecule has 0 radical (unpaired) electrons. The Bertz CT molecular complexity index is 251. The van der Waals surface area contributed by atoms with E-state index in [0.717, 1.165) is 26.1 Å². The third kappa shape index (κ3) is 4.83. The molecule has 0 aromatic heterocycles. The topological polar surface area (TPSA) is 9.23 Å². The van der Waals surface area contributed by atoms with Gasteiger partial charge in [0, 0.05) is 6.61 Å². The van der Waals surface area contributed by atoms with Gasteiger partial charge in [0.25, 0.3) is 0 Å². The van der Waals surface area contributed by atoms with Gasteiger partial charge in [-0.1, -0.05) is 42.5 Å². The van der Waals surface area contributed by atoms with Gasteiger partial charge >= 0.3 is 0 Å². The predicted molar refractivity (Wildman–Crippen MR) is 60.1 cm³/mol. The van der Waals surface area contributed by atoms with E-state index < -0.39 is 0 Å². The summed E-state index contributed by atoms with van der Waals surface area (Å²) in [4.78, 5) is 0. The SMILES string of the molecule is C/C=C/CCCOCc1ccccc1. The highest BCUT2D eigenvalue weighted by molar-refractivity contribution is 5.13. The minimum Gasteiger partial charge on any atom is -0.377 e. The summed E-state index contributed by atoms with van der Waals surface area (Å²) in [5.41, 5.74) is 1.25. The molecular weight excluding hydrogens is 172 g/mol. The van der Waals surface area contributed by atoms with Gasteiger partial charge in [0.05, 0.1) is 6.61 Å². The van der Waals surface area contributed by atoms with Crippen LogP contribution in [0.3, 0.4) is 0 Å². The lowest BCUT2D eigenvalue weighted by molar-refractivity contribution is 0.119. The lowest BCUT2D eigenvalue weighted by Gasteiger charge is -2.02. The Morgan fingerprint density at radius 1 is 1.21 bits per heavy atom. The summed E-state index contributed by atoms with van der Waals surface area (Å²) in [5.74, 6) is 0. The van der Waals surface area contributed by atoms with Crippen molar-refractivity contribution in [3.8, 4) is 0 Å². The second-order valence-electron chi connectivity index (χ2n) is 3.25. The molecule has 1 aromatic rings. The molecular formula is C13H18O. The van der Waals surface area contributed by atoms with Gasteiger partial charge in [-0.15, -0.1) is 0 Å². The van der Waals surface area contributed by atoms with Gasteiger partial charge in [-0.05, 0) is 25.3 Å². The van der Waals surface area contributed by atoms with E-state index in [4.69, 9.17) is 4.74 Å². The molecule has 1 nitrogen and oxygen atoms in total. The molecule has 0 aliphatic rings. The third-order valence-electron chi connectivity index (χ3n) is 2.01. The van der Waals surface area contributed by atoms with Crippen molar-refractivity contribution in [3.63, 3.8) is 0 Å². The largest absolute Gasteiger partial charge is 0.377 e. The number of benzene rings is 1. The quantitative estimate of drug-likeness (QED) is 0.492. The van der Waals surface area contributed by atoms with Crippen LogP contribution in [-0.4, -0.2) is 6.61 Å². The van der Waals surface area contributed by atoms with Gasteiger partial charge in [-0.3, -0.25) is 0 Å². The second-order valence-corrected chi connectivity index (χ2v) is 3.25. The van der Waals surface area contributed by atoms with Gasteiger partial charge < -0.3 is 4.74 Å². The first-order valence-electron chi connectivity index (χ1n) is 5.16. The van der Waals surface area contributed by atoms with Crippen molar-refractivity contribution in [2.45, 2.75) is 26.4 Å². The Morgan fingerprint density at radius 3 is 2.71 bits per heavy atom. The lowest BCUT2D eigenvalue weighted by atomic mass is 10.2. The van der Waals surface area contributed by atoms with E-state index in [1.807, 2.05) is 25.1 Å². The molecule has 0 aliphatic carbocycles. The molecule has 0 heterocycles. The Hall–Kier alpha value is -1.08. The number of unbranched alkanes of at least 4 members (excludes halogenated alkanes) is 1. The molecule has 0 unspecified atom stereocenters. The first kappa shape index (κ1) is 11.0. The number of ether oxygens (including phenoxy) is 1. The maximum absolute atomic E-state index is 5.53.